The molecule has 0 bridgehead atoms. The second kappa shape index (κ2) is 10.7. The first-order valence-electron chi connectivity index (χ1n) is 7.99. The second-order valence-corrected chi connectivity index (χ2v) is 8.58. The zero-order valence-corrected chi connectivity index (χ0v) is 16.3. The van der Waals surface area contributed by atoms with Gasteiger partial charge in [-0.25, -0.2) is 8.42 Å². The Balaban J connectivity index is 0.00000529. The van der Waals surface area contributed by atoms with Crippen molar-refractivity contribution in [3.05, 3.63) is 35.4 Å². The highest BCUT2D eigenvalue weighted by Crippen LogP contribution is 2.15. The van der Waals surface area contributed by atoms with Crippen molar-refractivity contribution < 1.29 is 13.2 Å². The van der Waals surface area contributed by atoms with E-state index >= 15 is 0 Å². The Morgan fingerprint density at radius 3 is 2.29 bits per heavy atom. The van der Waals surface area contributed by atoms with E-state index in [0.717, 1.165) is 19.1 Å². The molecule has 1 amide bonds. The molecule has 1 rings (SSSR count). The van der Waals surface area contributed by atoms with E-state index in [2.05, 4.69) is 43.4 Å². The highest BCUT2D eigenvalue weighted by atomic mass is 35.5. The molecule has 0 aromatic heterocycles. The van der Waals surface area contributed by atoms with Gasteiger partial charge in [0.05, 0.1) is 11.8 Å². The molecule has 0 saturated carbocycles. The zero-order valence-electron chi connectivity index (χ0n) is 14.6. The summed E-state index contributed by atoms with van der Waals surface area (Å²) in [5.74, 6) is 0.171. The van der Waals surface area contributed by atoms with Gasteiger partial charge in [0.2, 0.25) is 5.91 Å². The standard InChI is InChI=1S/C17H28N2O3S.ClH/c1-13(2)15-8-6-14(7-9-15)5-4-11-19-17(20)16(18)10-12-23(3,21)22;/h6-9,13,16H,4-5,10-12,18H2,1-3H3,(H,19,20);1H. The molecule has 24 heavy (non-hydrogen) atoms. The first-order valence-corrected chi connectivity index (χ1v) is 10.0. The van der Waals surface area contributed by atoms with Crippen LogP contribution in [0.25, 0.3) is 0 Å². The summed E-state index contributed by atoms with van der Waals surface area (Å²) in [6.07, 6.45) is 3.01. The van der Waals surface area contributed by atoms with Gasteiger partial charge in [0, 0.05) is 12.8 Å². The number of aryl methyl sites for hydroxylation is 1. The predicted octanol–water partition coefficient (Wildman–Crippen LogP) is 2.04. The van der Waals surface area contributed by atoms with Gasteiger partial charge in [0.25, 0.3) is 0 Å². The van der Waals surface area contributed by atoms with Crippen molar-refractivity contribution in [2.45, 2.75) is 45.1 Å². The van der Waals surface area contributed by atoms with E-state index in [1.54, 1.807) is 0 Å². The number of benzene rings is 1. The number of hydrogen-bond acceptors (Lipinski definition) is 4. The summed E-state index contributed by atoms with van der Waals surface area (Å²) in [4.78, 5) is 11.8. The van der Waals surface area contributed by atoms with Crippen LogP contribution in [0.15, 0.2) is 24.3 Å². The fourth-order valence-corrected chi connectivity index (χ4v) is 2.86. The van der Waals surface area contributed by atoms with E-state index < -0.39 is 15.9 Å². The predicted molar refractivity (Wildman–Crippen MR) is 101 cm³/mol. The summed E-state index contributed by atoms with van der Waals surface area (Å²) in [7, 11) is -3.08. The molecule has 138 valence electrons. The van der Waals surface area contributed by atoms with Crippen molar-refractivity contribution >= 4 is 28.2 Å². The Hall–Kier alpha value is -1.11. The van der Waals surface area contributed by atoms with Crippen molar-refractivity contribution in [2.24, 2.45) is 5.73 Å². The maximum absolute atomic E-state index is 11.8. The van der Waals surface area contributed by atoms with Gasteiger partial charge < -0.3 is 11.1 Å². The minimum absolute atomic E-state index is 0. The van der Waals surface area contributed by atoms with Crippen molar-refractivity contribution in [1.82, 2.24) is 5.32 Å². The van der Waals surface area contributed by atoms with Gasteiger partial charge >= 0.3 is 0 Å². The van der Waals surface area contributed by atoms with Crippen LogP contribution < -0.4 is 11.1 Å². The number of hydrogen-bond donors (Lipinski definition) is 2. The van der Waals surface area contributed by atoms with Crippen molar-refractivity contribution in [3.8, 4) is 0 Å². The van der Waals surface area contributed by atoms with Gasteiger partial charge in [0.1, 0.15) is 9.84 Å². The summed E-state index contributed by atoms with van der Waals surface area (Å²) in [5.41, 5.74) is 8.25. The van der Waals surface area contributed by atoms with E-state index in [1.165, 1.54) is 11.1 Å². The number of nitrogens with one attached hydrogen (secondary N) is 1. The average Bonchev–Trinajstić information content (AvgIpc) is 2.48. The third kappa shape index (κ3) is 9.25. The molecule has 0 radical (unpaired) electrons. The summed E-state index contributed by atoms with van der Waals surface area (Å²) < 4.78 is 22.1. The third-order valence-electron chi connectivity index (χ3n) is 3.72. The molecule has 0 spiro atoms. The van der Waals surface area contributed by atoms with Crippen LogP contribution >= 0.6 is 12.4 Å². The van der Waals surface area contributed by atoms with Crippen LogP contribution in [0.4, 0.5) is 0 Å². The highest BCUT2D eigenvalue weighted by Gasteiger charge is 2.15. The number of carbonyl (C=O) groups is 1. The molecule has 1 unspecified atom stereocenters. The molecule has 0 aliphatic carbocycles. The van der Waals surface area contributed by atoms with Crippen LogP contribution in [0.3, 0.4) is 0 Å². The van der Waals surface area contributed by atoms with E-state index in [0.29, 0.717) is 12.5 Å². The lowest BCUT2D eigenvalue weighted by Crippen LogP contribution is -2.42. The van der Waals surface area contributed by atoms with E-state index in [9.17, 15) is 13.2 Å². The number of sulfone groups is 1. The third-order valence-corrected chi connectivity index (χ3v) is 4.70. The Bertz CT molecular complexity index is 601. The molecular formula is C17H29ClN2O3S. The lowest BCUT2D eigenvalue weighted by Gasteiger charge is -2.12. The Kier molecular flexibility index (Phi) is 10.2. The van der Waals surface area contributed by atoms with Crippen LogP contribution in [0.5, 0.6) is 0 Å². The Morgan fingerprint density at radius 2 is 1.79 bits per heavy atom. The highest BCUT2D eigenvalue weighted by molar-refractivity contribution is 7.90. The Labute approximate surface area is 151 Å². The largest absolute Gasteiger partial charge is 0.355 e. The van der Waals surface area contributed by atoms with Crippen molar-refractivity contribution in [3.63, 3.8) is 0 Å². The molecule has 0 heterocycles. The molecule has 3 N–H and O–H groups in total. The minimum Gasteiger partial charge on any atom is -0.355 e. The monoisotopic (exact) mass is 376 g/mol. The SMILES string of the molecule is CC(C)c1ccc(CCCNC(=O)C(N)CCS(C)(=O)=O)cc1.Cl. The lowest BCUT2D eigenvalue weighted by molar-refractivity contribution is -0.122. The first kappa shape index (κ1) is 22.9. The fourth-order valence-electron chi connectivity index (χ4n) is 2.18. The van der Waals surface area contributed by atoms with Gasteiger partial charge in [-0.05, 0) is 36.3 Å². The Morgan fingerprint density at radius 1 is 1.21 bits per heavy atom. The molecule has 5 nitrogen and oxygen atoms in total. The summed E-state index contributed by atoms with van der Waals surface area (Å²) in [6.45, 7) is 4.87. The van der Waals surface area contributed by atoms with Gasteiger partial charge in [-0.15, -0.1) is 12.4 Å². The second-order valence-electron chi connectivity index (χ2n) is 6.32. The molecular weight excluding hydrogens is 348 g/mol. The quantitative estimate of drug-likeness (QED) is 0.645. The summed E-state index contributed by atoms with van der Waals surface area (Å²) in [6, 6.07) is 7.75. The first-order chi connectivity index (χ1) is 10.7. The smallest absolute Gasteiger partial charge is 0.236 e. The summed E-state index contributed by atoms with van der Waals surface area (Å²) in [5, 5.41) is 2.76. The van der Waals surface area contributed by atoms with Gasteiger partial charge in [-0.3, -0.25) is 4.79 Å². The van der Waals surface area contributed by atoms with E-state index in [-0.39, 0.29) is 30.5 Å². The van der Waals surface area contributed by atoms with E-state index in [4.69, 9.17) is 5.73 Å². The number of rotatable bonds is 9. The summed E-state index contributed by atoms with van der Waals surface area (Å²) >= 11 is 0. The molecule has 7 heteroatoms. The van der Waals surface area contributed by atoms with Gasteiger partial charge in [-0.1, -0.05) is 38.1 Å². The normalized spacial score (nSPS) is 12.5. The van der Waals surface area contributed by atoms with Crippen molar-refractivity contribution in [1.29, 1.82) is 0 Å². The van der Waals surface area contributed by atoms with Gasteiger partial charge in [-0.2, -0.15) is 0 Å². The number of amides is 1. The fraction of sp³-hybridized carbons (Fsp3) is 0.588. The van der Waals surface area contributed by atoms with E-state index in [1.807, 2.05) is 0 Å². The van der Waals surface area contributed by atoms with Crippen LogP contribution in [-0.2, 0) is 21.1 Å². The molecule has 1 atom stereocenters. The molecule has 0 fully saturated rings. The van der Waals surface area contributed by atoms with Crippen LogP contribution in [0.1, 0.15) is 43.7 Å². The van der Waals surface area contributed by atoms with Crippen LogP contribution in [0.2, 0.25) is 0 Å². The molecule has 1 aromatic carbocycles. The number of nitrogens with two attached hydrogens (primary N) is 1. The number of halogens is 1. The average molecular weight is 377 g/mol. The zero-order chi connectivity index (χ0) is 17.5. The molecule has 0 aliphatic heterocycles. The maximum Gasteiger partial charge on any atom is 0.236 e. The van der Waals surface area contributed by atoms with Gasteiger partial charge in [0.15, 0.2) is 0 Å². The molecule has 0 aliphatic rings. The molecule has 0 saturated heterocycles. The van der Waals surface area contributed by atoms with Crippen LogP contribution in [0, 0.1) is 0 Å². The van der Waals surface area contributed by atoms with Crippen LogP contribution in [-0.4, -0.2) is 38.9 Å². The number of carbonyl (C=O) groups excluding carboxylic acids is 1. The lowest BCUT2D eigenvalue weighted by atomic mass is 10.0. The molecule has 1 aromatic rings. The topological polar surface area (TPSA) is 89.3 Å². The van der Waals surface area contributed by atoms with Crippen molar-refractivity contribution in [2.75, 3.05) is 18.6 Å². The maximum atomic E-state index is 11.8. The minimum atomic E-state index is -3.08.